The van der Waals surface area contributed by atoms with Gasteiger partial charge < -0.3 is 0 Å². The van der Waals surface area contributed by atoms with Crippen molar-refractivity contribution in [3.05, 3.63) is 34.9 Å². The first-order valence-corrected chi connectivity index (χ1v) is 3.32. The average Bonchev–Trinajstić information content (AvgIpc) is 2.16. The molecular weight excluding hydrogens is 152 g/mol. The standard InChI is InChI=1S/C9H5N2O/c10-4-7-1-8(5-11)3-9(2-7)6-12/h1-3H,6H2. The van der Waals surface area contributed by atoms with Crippen LogP contribution < -0.4 is 0 Å². The summed E-state index contributed by atoms with van der Waals surface area (Å²) >= 11 is 0. The van der Waals surface area contributed by atoms with Gasteiger partial charge in [-0.3, -0.25) is 0 Å². The molecule has 1 rings (SSSR count). The molecule has 0 aliphatic heterocycles. The normalized spacial score (nSPS) is 8.58. The monoisotopic (exact) mass is 157 g/mol. The maximum Gasteiger partial charge on any atom is 0.107 e. The van der Waals surface area contributed by atoms with Gasteiger partial charge in [0.2, 0.25) is 0 Å². The Morgan fingerprint density at radius 3 is 1.92 bits per heavy atom. The molecule has 3 heteroatoms. The molecule has 0 aromatic heterocycles. The lowest BCUT2D eigenvalue weighted by molar-refractivity contribution is 0.177. The summed E-state index contributed by atoms with van der Waals surface area (Å²) < 4.78 is 0. The van der Waals surface area contributed by atoms with Gasteiger partial charge in [0.15, 0.2) is 0 Å². The van der Waals surface area contributed by atoms with E-state index in [9.17, 15) is 5.11 Å². The van der Waals surface area contributed by atoms with Gasteiger partial charge in [-0.05, 0) is 23.8 Å². The average molecular weight is 157 g/mol. The van der Waals surface area contributed by atoms with Crippen LogP contribution in [0.2, 0.25) is 0 Å². The van der Waals surface area contributed by atoms with E-state index < -0.39 is 6.61 Å². The number of hydrogen-bond donors (Lipinski definition) is 0. The molecule has 12 heavy (non-hydrogen) atoms. The van der Waals surface area contributed by atoms with E-state index >= 15 is 0 Å². The molecule has 0 amide bonds. The van der Waals surface area contributed by atoms with E-state index in [1.54, 1.807) is 0 Å². The number of nitriles is 2. The smallest absolute Gasteiger partial charge is 0.107 e. The second-order valence-corrected chi connectivity index (χ2v) is 2.29. The topological polar surface area (TPSA) is 67.5 Å². The van der Waals surface area contributed by atoms with Crippen LogP contribution in [-0.4, -0.2) is 0 Å². The van der Waals surface area contributed by atoms with Crippen LogP contribution in [0.1, 0.15) is 16.7 Å². The Bertz CT molecular complexity index is 339. The summed E-state index contributed by atoms with van der Waals surface area (Å²) in [6.45, 7) is -0.399. The predicted molar refractivity (Wildman–Crippen MR) is 40.3 cm³/mol. The lowest BCUT2D eigenvalue weighted by Crippen LogP contribution is -1.86. The summed E-state index contributed by atoms with van der Waals surface area (Å²) in [7, 11) is 0. The molecule has 0 aliphatic rings. The Kier molecular flexibility index (Phi) is 2.42. The third kappa shape index (κ3) is 1.60. The Balaban J connectivity index is 3.24. The Hall–Kier alpha value is -1.84. The van der Waals surface area contributed by atoms with Crippen LogP contribution in [0.3, 0.4) is 0 Å². The molecule has 57 valence electrons. The zero-order valence-corrected chi connectivity index (χ0v) is 6.24. The van der Waals surface area contributed by atoms with E-state index in [4.69, 9.17) is 10.5 Å². The highest BCUT2D eigenvalue weighted by Crippen LogP contribution is 2.08. The molecule has 0 atom stereocenters. The van der Waals surface area contributed by atoms with Crippen molar-refractivity contribution in [2.24, 2.45) is 0 Å². The van der Waals surface area contributed by atoms with E-state index in [-0.39, 0.29) is 0 Å². The van der Waals surface area contributed by atoms with Gasteiger partial charge in [-0.15, -0.1) is 0 Å². The van der Waals surface area contributed by atoms with E-state index in [1.807, 2.05) is 12.1 Å². The van der Waals surface area contributed by atoms with Crippen LogP contribution in [0.4, 0.5) is 0 Å². The van der Waals surface area contributed by atoms with Crippen LogP contribution in [0, 0.1) is 22.7 Å². The van der Waals surface area contributed by atoms with E-state index in [1.165, 1.54) is 18.2 Å². The third-order valence-corrected chi connectivity index (χ3v) is 1.42. The van der Waals surface area contributed by atoms with Crippen LogP contribution in [-0.2, 0) is 11.7 Å². The molecule has 1 aromatic rings. The predicted octanol–water partition coefficient (Wildman–Crippen LogP) is 1.36. The van der Waals surface area contributed by atoms with Crippen molar-refractivity contribution in [1.82, 2.24) is 0 Å². The first-order chi connectivity index (χ1) is 5.80. The SMILES string of the molecule is N#Cc1cc(C#N)cc(C[O])c1. The summed E-state index contributed by atoms with van der Waals surface area (Å²) in [5, 5.41) is 27.5. The number of benzene rings is 1. The first-order valence-electron chi connectivity index (χ1n) is 3.32. The third-order valence-electron chi connectivity index (χ3n) is 1.42. The molecule has 0 heterocycles. The number of hydrogen-bond acceptors (Lipinski definition) is 2. The minimum absolute atomic E-state index is 0.361. The fourth-order valence-electron chi connectivity index (χ4n) is 0.904. The minimum Gasteiger partial charge on any atom is -0.232 e. The molecule has 1 radical (unpaired) electrons. The zero-order chi connectivity index (χ0) is 8.97. The maximum absolute atomic E-state index is 10.4. The molecule has 0 bridgehead atoms. The van der Waals surface area contributed by atoms with Crippen molar-refractivity contribution >= 4 is 0 Å². The van der Waals surface area contributed by atoms with Crippen molar-refractivity contribution in [3.63, 3.8) is 0 Å². The van der Waals surface area contributed by atoms with Gasteiger partial charge in [0.25, 0.3) is 0 Å². The lowest BCUT2D eigenvalue weighted by atomic mass is 10.1. The van der Waals surface area contributed by atoms with Gasteiger partial charge in [0.05, 0.1) is 23.3 Å². The molecule has 0 N–H and O–H groups in total. The Morgan fingerprint density at radius 2 is 1.58 bits per heavy atom. The van der Waals surface area contributed by atoms with Crippen LogP contribution in [0.15, 0.2) is 18.2 Å². The van der Waals surface area contributed by atoms with Gasteiger partial charge in [0, 0.05) is 0 Å². The maximum atomic E-state index is 10.4. The number of rotatable bonds is 1. The van der Waals surface area contributed by atoms with Gasteiger partial charge in [-0.25, -0.2) is 5.11 Å². The highest BCUT2D eigenvalue weighted by molar-refractivity contribution is 5.42. The summed E-state index contributed by atoms with van der Waals surface area (Å²) in [5.74, 6) is 0. The highest BCUT2D eigenvalue weighted by atomic mass is 16.3. The fraction of sp³-hybridized carbons (Fsp3) is 0.111. The van der Waals surface area contributed by atoms with Crippen molar-refractivity contribution in [2.75, 3.05) is 0 Å². The minimum atomic E-state index is -0.399. The summed E-state index contributed by atoms with van der Waals surface area (Å²) in [5.41, 5.74) is 1.20. The number of nitrogens with zero attached hydrogens (tertiary/aromatic N) is 2. The zero-order valence-electron chi connectivity index (χ0n) is 6.24. The Labute approximate surface area is 70.1 Å². The molecule has 3 nitrogen and oxygen atoms in total. The largest absolute Gasteiger partial charge is 0.232 e. The van der Waals surface area contributed by atoms with E-state index in [0.29, 0.717) is 16.7 Å². The second-order valence-electron chi connectivity index (χ2n) is 2.29. The molecule has 0 unspecified atom stereocenters. The molecule has 0 saturated heterocycles. The molecule has 0 saturated carbocycles. The molecular formula is C9H5N2O. The van der Waals surface area contributed by atoms with E-state index in [2.05, 4.69) is 0 Å². The van der Waals surface area contributed by atoms with Crippen LogP contribution in [0.25, 0.3) is 0 Å². The summed E-state index contributed by atoms with van der Waals surface area (Å²) in [4.78, 5) is 0. The van der Waals surface area contributed by atoms with Crippen LogP contribution in [0.5, 0.6) is 0 Å². The fourth-order valence-corrected chi connectivity index (χ4v) is 0.904. The summed E-state index contributed by atoms with van der Waals surface area (Å²) in [6, 6.07) is 8.22. The Morgan fingerprint density at radius 1 is 1.08 bits per heavy atom. The first kappa shape index (κ1) is 8.26. The van der Waals surface area contributed by atoms with E-state index in [0.717, 1.165) is 0 Å². The quantitative estimate of drug-likeness (QED) is 0.617. The molecule has 0 aliphatic carbocycles. The van der Waals surface area contributed by atoms with Gasteiger partial charge in [-0.2, -0.15) is 10.5 Å². The van der Waals surface area contributed by atoms with Gasteiger partial charge in [0.1, 0.15) is 6.61 Å². The van der Waals surface area contributed by atoms with Crippen molar-refractivity contribution in [1.29, 1.82) is 10.5 Å². The van der Waals surface area contributed by atoms with Gasteiger partial charge >= 0.3 is 0 Å². The molecule has 1 aromatic carbocycles. The summed E-state index contributed by atoms with van der Waals surface area (Å²) in [6.07, 6.45) is 0. The lowest BCUT2D eigenvalue weighted by Gasteiger charge is -1.95. The second kappa shape index (κ2) is 3.52. The van der Waals surface area contributed by atoms with Crippen LogP contribution >= 0.6 is 0 Å². The van der Waals surface area contributed by atoms with Crippen molar-refractivity contribution in [3.8, 4) is 12.1 Å². The van der Waals surface area contributed by atoms with Gasteiger partial charge in [-0.1, -0.05) is 0 Å². The molecule has 0 fully saturated rings. The highest BCUT2D eigenvalue weighted by Gasteiger charge is 1.98. The van der Waals surface area contributed by atoms with Crippen molar-refractivity contribution < 1.29 is 5.11 Å². The van der Waals surface area contributed by atoms with Crippen molar-refractivity contribution in [2.45, 2.75) is 6.61 Å². The molecule has 0 spiro atoms.